The van der Waals surface area contributed by atoms with Crippen molar-refractivity contribution in [3.05, 3.63) is 42.1 Å². The number of nitrogens with one attached hydrogen (secondary N) is 1. The van der Waals surface area contributed by atoms with Crippen molar-refractivity contribution in [2.24, 2.45) is 10.7 Å². The number of amides is 1. The monoisotopic (exact) mass is 396 g/mol. The summed E-state index contributed by atoms with van der Waals surface area (Å²) >= 11 is 0. The van der Waals surface area contributed by atoms with E-state index >= 15 is 0 Å². The van der Waals surface area contributed by atoms with Crippen molar-refractivity contribution in [1.29, 1.82) is 0 Å². The molecule has 1 saturated heterocycles. The lowest BCUT2D eigenvalue weighted by Crippen LogP contribution is -2.50. The van der Waals surface area contributed by atoms with Gasteiger partial charge in [0.05, 0.1) is 5.69 Å². The molecule has 0 bridgehead atoms. The molecule has 0 atom stereocenters. The van der Waals surface area contributed by atoms with Crippen LogP contribution in [0.25, 0.3) is 11.3 Å². The Balaban J connectivity index is 1.47. The Morgan fingerprint density at radius 2 is 1.83 bits per heavy atom. The molecular weight excluding hydrogens is 368 g/mol. The average Bonchev–Trinajstić information content (AvgIpc) is 3.12. The Labute approximate surface area is 170 Å². The molecule has 0 saturated carbocycles. The number of carbonyl (C=O) groups excluding carboxylic acids is 1. The standard InChI is InChI=1S/C21H28N6O2/c1-21(2,3)29-20(28)26-11-9-25(10-12-26)16-6-4-5-15(13-16)17-7-8-18-19(22)23-14-24-27(17)18/h4-8,13,24H,9-12,14H2,1-3H3,(H2,22,23). The second-order valence-electron chi connectivity index (χ2n) is 8.30. The molecule has 1 aromatic carbocycles. The molecule has 1 fully saturated rings. The fourth-order valence-electron chi connectivity index (χ4n) is 3.64. The first-order valence-corrected chi connectivity index (χ1v) is 9.91. The zero-order valence-corrected chi connectivity index (χ0v) is 17.2. The van der Waals surface area contributed by atoms with E-state index in [9.17, 15) is 4.79 Å². The first kappa shape index (κ1) is 19.2. The van der Waals surface area contributed by atoms with Gasteiger partial charge in [-0.2, -0.15) is 0 Å². The summed E-state index contributed by atoms with van der Waals surface area (Å²) in [5.74, 6) is 0.546. The second kappa shape index (κ2) is 7.35. The van der Waals surface area contributed by atoms with Crippen LogP contribution < -0.4 is 16.1 Å². The van der Waals surface area contributed by atoms with Gasteiger partial charge in [-0.15, -0.1) is 0 Å². The SMILES string of the molecule is CC(C)(C)OC(=O)N1CCN(c2cccc(-c3ccc4n3NCN=C4N)c2)CC1. The number of aromatic nitrogens is 1. The number of hydrogen-bond acceptors (Lipinski definition) is 6. The van der Waals surface area contributed by atoms with Crippen LogP contribution in [0.15, 0.2) is 41.4 Å². The van der Waals surface area contributed by atoms with Gasteiger partial charge in [0.2, 0.25) is 0 Å². The average molecular weight is 396 g/mol. The molecule has 154 valence electrons. The summed E-state index contributed by atoms with van der Waals surface area (Å²) in [4.78, 5) is 20.6. The van der Waals surface area contributed by atoms with Crippen molar-refractivity contribution in [2.75, 3.05) is 43.2 Å². The molecule has 1 amide bonds. The number of ether oxygens (including phenoxy) is 1. The van der Waals surface area contributed by atoms with Crippen LogP contribution in [0.1, 0.15) is 26.5 Å². The van der Waals surface area contributed by atoms with Crippen LogP contribution in [0, 0.1) is 0 Å². The number of rotatable bonds is 2. The molecule has 0 radical (unpaired) electrons. The van der Waals surface area contributed by atoms with Crippen molar-refractivity contribution in [2.45, 2.75) is 26.4 Å². The Hall–Kier alpha value is -3.16. The summed E-state index contributed by atoms with van der Waals surface area (Å²) in [6, 6.07) is 12.5. The van der Waals surface area contributed by atoms with Gasteiger partial charge in [0, 0.05) is 37.4 Å². The van der Waals surface area contributed by atoms with E-state index in [0.717, 1.165) is 35.7 Å². The number of piperazine rings is 1. The highest BCUT2D eigenvalue weighted by Gasteiger charge is 2.26. The highest BCUT2D eigenvalue weighted by atomic mass is 16.6. The maximum atomic E-state index is 12.3. The zero-order valence-electron chi connectivity index (χ0n) is 17.2. The lowest BCUT2D eigenvalue weighted by molar-refractivity contribution is 0.0240. The van der Waals surface area contributed by atoms with Gasteiger partial charge in [-0.05, 0) is 45.0 Å². The fraction of sp³-hybridized carbons (Fsp3) is 0.429. The highest BCUT2D eigenvalue weighted by molar-refractivity contribution is 5.97. The van der Waals surface area contributed by atoms with E-state index < -0.39 is 5.60 Å². The van der Waals surface area contributed by atoms with Gasteiger partial charge in [0.25, 0.3) is 0 Å². The smallest absolute Gasteiger partial charge is 0.410 e. The normalized spacial score (nSPS) is 16.7. The van der Waals surface area contributed by atoms with Crippen molar-refractivity contribution < 1.29 is 9.53 Å². The zero-order chi connectivity index (χ0) is 20.6. The number of benzene rings is 1. The van der Waals surface area contributed by atoms with Crippen LogP contribution in [-0.4, -0.2) is 60.0 Å². The van der Waals surface area contributed by atoms with Gasteiger partial charge in [0.1, 0.15) is 23.8 Å². The first-order valence-electron chi connectivity index (χ1n) is 9.91. The molecule has 29 heavy (non-hydrogen) atoms. The number of carbonyl (C=O) groups is 1. The summed E-state index contributed by atoms with van der Waals surface area (Å²) < 4.78 is 7.47. The van der Waals surface area contributed by atoms with E-state index in [2.05, 4.69) is 45.6 Å². The number of nitrogens with two attached hydrogens (primary N) is 1. The molecular formula is C21H28N6O2. The first-order chi connectivity index (χ1) is 13.8. The quantitative estimate of drug-likeness (QED) is 0.814. The molecule has 2 aliphatic heterocycles. The molecule has 8 heteroatoms. The van der Waals surface area contributed by atoms with Crippen LogP contribution in [0.3, 0.4) is 0 Å². The molecule has 0 spiro atoms. The number of aliphatic imine (C=N–C) groups is 1. The minimum atomic E-state index is -0.471. The van der Waals surface area contributed by atoms with Crippen LogP contribution in [0.2, 0.25) is 0 Å². The molecule has 0 aliphatic carbocycles. The van der Waals surface area contributed by atoms with E-state index in [1.807, 2.05) is 31.5 Å². The molecule has 0 unspecified atom stereocenters. The molecule has 1 aromatic heterocycles. The Bertz CT molecular complexity index is 935. The van der Waals surface area contributed by atoms with Crippen molar-refractivity contribution >= 4 is 17.6 Å². The third-order valence-corrected chi connectivity index (χ3v) is 5.06. The van der Waals surface area contributed by atoms with Gasteiger partial charge in [-0.25, -0.2) is 9.79 Å². The minimum absolute atomic E-state index is 0.240. The van der Waals surface area contributed by atoms with Gasteiger partial charge >= 0.3 is 6.09 Å². The maximum Gasteiger partial charge on any atom is 0.410 e. The molecule has 4 rings (SSSR count). The third-order valence-electron chi connectivity index (χ3n) is 5.06. The van der Waals surface area contributed by atoms with E-state index in [1.165, 1.54) is 0 Å². The number of amidine groups is 1. The summed E-state index contributed by atoms with van der Waals surface area (Å²) in [7, 11) is 0. The van der Waals surface area contributed by atoms with Crippen LogP contribution in [0.5, 0.6) is 0 Å². The summed E-state index contributed by atoms with van der Waals surface area (Å²) in [5.41, 5.74) is 12.9. The lowest BCUT2D eigenvalue weighted by atomic mass is 10.1. The number of nitrogens with zero attached hydrogens (tertiary/aromatic N) is 4. The topological polar surface area (TPSA) is 88.1 Å². The number of fused-ring (bicyclic) bond motifs is 1. The number of anilines is 1. The molecule has 2 aromatic rings. The number of hydrogen-bond donors (Lipinski definition) is 2. The Morgan fingerprint density at radius 3 is 2.55 bits per heavy atom. The lowest BCUT2D eigenvalue weighted by Gasteiger charge is -2.36. The van der Waals surface area contributed by atoms with Crippen molar-refractivity contribution in [1.82, 2.24) is 9.58 Å². The van der Waals surface area contributed by atoms with Gasteiger partial charge in [-0.3, -0.25) is 4.68 Å². The minimum Gasteiger partial charge on any atom is -0.444 e. The van der Waals surface area contributed by atoms with Crippen molar-refractivity contribution in [3.8, 4) is 11.3 Å². The third kappa shape index (κ3) is 4.01. The summed E-state index contributed by atoms with van der Waals surface area (Å²) in [5, 5.41) is 0. The van der Waals surface area contributed by atoms with Gasteiger partial charge < -0.3 is 25.7 Å². The van der Waals surface area contributed by atoms with E-state index in [1.54, 1.807) is 4.90 Å². The Kier molecular flexibility index (Phi) is 4.86. The van der Waals surface area contributed by atoms with Gasteiger partial charge in [-0.1, -0.05) is 12.1 Å². The largest absolute Gasteiger partial charge is 0.444 e. The molecule has 8 nitrogen and oxygen atoms in total. The van der Waals surface area contributed by atoms with Crippen LogP contribution in [0.4, 0.5) is 10.5 Å². The van der Waals surface area contributed by atoms with Crippen LogP contribution >= 0.6 is 0 Å². The van der Waals surface area contributed by atoms with Gasteiger partial charge in [0.15, 0.2) is 0 Å². The summed E-state index contributed by atoms with van der Waals surface area (Å²) in [6.45, 7) is 8.97. The molecule has 3 N–H and O–H groups in total. The highest BCUT2D eigenvalue weighted by Crippen LogP contribution is 2.27. The van der Waals surface area contributed by atoms with Crippen molar-refractivity contribution in [3.63, 3.8) is 0 Å². The second-order valence-corrected chi connectivity index (χ2v) is 8.30. The Morgan fingerprint density at radius 1 is 1.10 bits per heavy atom. The summed E-state index contributed by atoms with van der Waals surface area (Å²) in [6.07, 6.45) is -0.240. The van der Waals surface area contributed by atoms with E-state index in [-0.39, 0.29) is 6.09 Å². The predicted octanol–water partition coefficient (Wildman–Crippen LogP) is 2.43. The van der Waals surface area contributed by atoms with E-state index in [0.29, 0.717) is 25.6 Å². The molecule has 3 heterocycles. The predicted molar refractivity (Wildman–Crippen MR) is 115 cm³/mol. The van der Waals surface area contributed by atoms with E-state index in [4.69, 9.17) is 10.5 Å². The molecule has 2 aliphatic rings. The van der Waals surface area contributed by atoms with Crippen LogP contribution in [-0.2, 0) is 4.74 Å². The fourth-order valence-corrected chi connectivity index (χ4v) is 3.64. The maximum absolute atomic E-state index is 12.3.